The van der Waals surface area contributed by atoms with E-state index in [9.17, 15) is 4.79 Å². The van der Waals surface area contributed by atoms with Gasteiger partial charge in [-0.2, -0.15) is 5.26 Å². The molecule has 0 bridgehead atoms. The maximum Gasteiger partial charge on any atom is 0.307 e. The number of aromatic nitrogens is 1. The van der Waals surface area contributed by atoms with Crippen LogP contribution in [0.5, 0.6) is 0 Å². The average Bonchev–Trinajstić information content (AvgIpc) is 2.28. The molecule has 2 aromatic rings. The Bertz CT molecular complexity index is 599. The summed E-state index contributed by atoms with van der Waals surface area (Å²) < 4.78 is 0. The molecule has 0 radical (unpaired) electrons. The number of nitrogens with zero attached hydrogens (tertiary/aromatic N) is 2. The van der Waals surface area contributed by atoms with Crippen molar-refractivity contribution < 1.29 is 9.90 Å². The predicted molar refractivity (Wildman–Crippen MR) is 57.8 cm³/mol. The smallest absolute Gasteiger partial charge is 0.307 e. The fourth-order valence-electron chi connectivity index (χ4n) is 1.60. The molecule has 0 aliphatic heterocycles. The summed E-state index contributed by atoms with van der Waals surface area (Å²) >= 11 is 0. The Labute approximate surface area is 91.8 Å². The summed E-state index contributed by atoms with van der Waals surface area (Å²) in [6.45, 7) is 0. The Kier molecular flexibility index (Phi) is 2.52. The zero-order valence-corrected chi connectivity index (χ0v) is 8.34. The van der Waals surface area contributed by atoms with Gasteiger partial charge in [0.2, 0.25) is 0 Å². The third-order valence-corrected chi connectivity index (χ3v) is 2.31. The van der Waals surface area contributed by atoms with Gasteiger partial charge in [0, 0.05) is 17.8 Å². The van der Waals surface area contributed by atoms with E-state index in [1.807, 2.05) is 6.07 Å². The van der Waals surface area contributed by atoms with Crippen LogP contribution in [0.25, 0.3) is 10.8 Å². The zero-order valence-electron chi connectivity index (χ0n) is 8.34. The van der Waals surface area contributed by atoms with Crippen molar-refractivity contribution in [3.05, 3.63) is 41.7 Å². The lowest BCUT2D eigenvalue weighted by Crippen LogP contribution is -2.01. The molecule has 2 rings (SSSR count). The highest BCUT2D eigenvalue weighted by Gasteiger charge is 2.06. The largest absolute Gasteiger partial charge is 0.481 e. The second kappa shape index (κ2) is 3.99. The summed E-state index contributed by atoms with van der Waals surface area (Å²) in [6.07, 6.45) is 3.10. The number of carboxylic acids is 1. The molecule has 0 fully saturated rings. The molecule has 78 valence electrons. The van der Waals surface area contributed by atoms with Gasteiger partial charge in [-0.25, -0.2) is 0 Å². The summed E-state index contributed by atoms with van der Waals surface area (Å²) in [5, 5.41) is 19.2. The number of carboxylic acid groups (broad SMARTS) is 1. The monoisotopic (exact) mass is 212 g/mol. The van der Waals surface area contributed by atoms with Gasteiger partial charge in [0.15, 0.2) is 0 Å². The van der Waals surface area contributed by atoms with Crippen LogP contribution in [-0.2, 0) is 11.2 Å². The summed E-state index contributed by atoms with van der Waals surface area (Å²) in [5.41, 5.74) is 1.15. The molecule has 0 saturated heterocycles. The van der Waals surface area contributed by atoms with Crippen LogP contribution in [0.3, 0.4) is 0 Å². The molecule has 0 atom stereocenters. The van der Waals surface area contributed by atoms with Crippen molar-refractivity contribution in [3.8, 4) is 6.07 Å². The number of nitriles is 1. The molecule has 1 N–H and O–H groups in total. The van der Waals surface area contributed by atoms with Crippen molar-refractivity contribution in [1.29, 1.82) is 5.26 Å². The number of benzene rings is 1. The van der Waals surface area contributed by atoms with Gasteiger partial charge in [-0.05, 0) is 23.1 Å². The van der Waals surface area contributed by atoms with E-state index in [1.54, 1.807) is 24.4 Å². The Hall–Kier alpha value is -2.41. The minimum Gasteiger partial charge on any atom is -0.481 e. The van der Waals surface area contributed by atoms with Crippen LogP contribution in [0.15, 0.2) is 30.6 Å². The van der Waals surface area contributed by atoms with Crippen molar-refractivity contribution in [2.75, 3.05) is 0 Å². The number of hydrogen-bond acceptors (Lipinski definition) is 3. The Balaban J connectivity index is 2.65. The molecule has 1 heterocycles. The van der Waals surface area contributed by atoms with Crippen molar-refractivity contribution >= 4 is 16.7 Å². The highest BCUT2D eigenvalue weighted by atomic mass is 16.4. The quantitative estimate of drug-likeness (QED) is 0.822. The van der Waals surface area contributed by atoms with E-state index in [0.29, 0.717) is 11.1 Å². The third-order valence-electron chi connectivity index (χ3n) is 2.31. The zero-order chi connectivity index (χ0) is 11.5. The number of hydrogen-bond donors (Lipinski definition) is 1. The van der Waals surface area contributed by atoms with Gasteiger partial charge < -0.3 is 5.11 Å². The van der Waals surface area contributed by atoms with Crippen LogP contribution in [0, 0.1) is 11.3 Å². The SMILES string of the molecule is N#Cc1ccc2cncc(CC(=O)O)c2c1. The Morgan fingerprint density at radius 2 is 2.25 bits per heavy atom. The fourth-order valence-corrected chi connectivity index (χ4v) is 1.60. The molecule has 0 unspecified atom stereocenters. The lowest BCUT2D eigenvalue weighted by atomic mass is 10.0. The normalized spacial score (nSPS) is 9.94. The lowest BCUT2D eigenvalue weighted by Gasteiger charge is -2.03. The van der Waals surface area contributed by atoms with Crippen molar-refractivity contribution in [3.63, 3.8) is 0 Å². The van der Waals surface area contributed by atoms with E-state index < -0.39 is 5.97 Å². The van der Waals surface area contributed by atoms with Gasteiger partial charge in [-0.1, -0.05) is 6.07 Å². The Morgan fingerprint density at radius 1 is 1.44 bits per heavy atom. The summed E-state index contributed by atoms with van der Waals surface area (Å²) in [6, 6.07) is 7.18. The molecule has 4 nitrogen and oxygen atoms in total. The highest BCUT2D eigenvalue weighted by Crippen LogP contribution is 2.19. The van der Waals surface area contributed by atoms with Crippen molar-refractivity contribution in [2.24, 2.45) is 0 Å². The van der Waals surface area contributed by atoms with E-state index in [4.69, 9.17) is 10.4 Å². The van der Waals surface area contributed by atoms with Gasteiger partial charge in [0.05, 0.1) is 18.1 Å². The molecular weight excluding hydrogens is 204 g/mol. The molecule has 0 amide bonds. The van der Waals surface area contributed by atoms with Gasteiger partial charge in [-0.15, -0.1) is 0 Å². The maximum atomic E-state index is 10.7. The van der Waals surface area contributed by atoms with Crippen LogP contribution < -0.4 is 0 Å². The van der Waals surface area contributed by atoms with E-state index in [2.05, 4.69) is 4.98 Å². The van der Waals surface area contributed by atoms with Gasteiger partial charge in [0.25, 0.3) is 0 Å². The molecule has 16 heavy (non-hydrogen) atoms. The molecular formula is C12H8N2O2. The summed E-state index contributed by atoms with van der Waals surface area (Å²) in [7, 11) is 0. The molecule has 0 aliphatic carbocycles. The number of pyridine rings is 1. The summed E-state index contributed by atoms with van der Waals surface area (Å²) in [5.74, 6) is -0.906. The Morgan fingerprint density at radius 3 is 2.94 bits per heavy atom. The van der Waals surface area contributed by atoms with Crippen molar-refractivity contribution in [2.45, 2.75) is 6.42 Å². The van der Waals surface area contributed by atoms with E-state index >= 15 is 0 Å². The van der Waals surface area contributed by atoms with Crippen LogP contribution in [-0.4, -0.2) is 16.1 Å². The molecule has 4 heteroatoms. The third kappa shape index (κ3) is 1.84. The number of aliphatic carboxylic acids is 1. The summed E-state index contributed by atoms with van der Waals surface area (Å²) in [4.78, 5) is 14.6. The molecule has 0 aliphatic rings. The van der Waals surface area contributed by atoms with E-state index in [1.165, 1.54) is 6.20 Å². The first-order valence-electron chi connectivity index (χ1n) is 4.69. The average molecular weight is 212 g/mol. The standard InChI is InChI=1S/C12H8N2O2/c13-5-8-1-2-9-6-14-7-10(4-12(15)16)11(9)3-8/h1-3,6-7H,4H2,(H,15,16). The minimum atomic E-state index is -0.906. The van der Waals surface area contributed by atoms with Crippen LogP contribution in [0.4, 0.5) is 0 Å². The molecule has 1 aromatic carbocycles. The van der Waals surface area contributed by atoms with Gasteiger partial charge >= 0.3 is 5.97 Å². The predicted octanol–water partition coefficient (Wildman–Crippen LogP) is 1.73. The molecule has 1 aromatic heterocycles. The first-order chi connectivity index (χ1) is 7.70. The first kappa shape index (κ1) is 10.1. The van der Waals surface area contributed by atoms with E-state index in [-0.39, 0.29) is 6.42 Å². The number of carbonyl (C=O) groups is 1. The van der Waals surface area contributed by atoms with Gasteiger partial charge in [-0.3, -0.25) is 9.78 Å². The topological polar surface area (TPSA) is 74.0 Å². The number of rotatable bonds is 2. The van der Waals surface area contributed by atoms with E-state index in [0.717, 1.165) is 10.8 Å². The first-order valence-corrected chi connectivity index (χ1v) is 4.69. The lowest BCUT2D eigenvalue weighted by molar-refractivity contribution is -0.136. The molecule has 0 saturated carbocycles. The van der Waals surface area contributed by atoms with Crippen LogP contribution in [0.2, 0.25) is 0 Å². The second-order valence-electron chi connectivity index (χ2n) is 3.42. The maximum absolute atomic E-state index is 10.7. The van der Waals surface area contributed by atoms with Gasteiger partial charge in [0.1, 0.15) is 0 Å². The highest BCUT2D eigenvalue weighted by molar-refractivity contribution is 5.88. The van der Waals surface area contributed by atoms with Crippen LogP contribution in [0.1, 0.15) is 11.1 Å². The minimum absolute atomic E-state index is 0.0841. The molecule has 0 spiro atoms. The van der Waals surface area contributed by atoms with Crippen LogP contribution >= 0.6 is 0 Å². The second-order valence-corrected chi connectivity index (χ2v) is 3.42. The van der Waals surface area contributed by atoms with Crippen molar-refractivity contribution in [1.82, 2.24) is 4.98 Å². The fraction of sp³-hybridized carbons (Fsp3) is 0.0833. The number of fused-ring (bicyclic) bond motifs is 1.